The Bertz CT molecular complexity index is 450. The Balaban J connectivity index is 2.20. The molecule has 0 bridgehead atoms. The molecule has 0 aromatic heterocycles. The van der Waals surface area contributed by atoms with E-state index in [-0.39, 0.29) is 17.9 Å². The fraction of sp³-hybridized carbons (Fsp3) is 0.533. The fourth-order valence-corrected chi connectivity index (χ4v) is 2.71. The van der Waals surface area contributed by atoms with E-state index in [1.54, 1.807) is 7.11 Å². The molecule has 1 heterocycles. The van der Waals surface area contributed by atoms with Crippen molar-refractivity contribution < 1.29 is 9.53 Å². The SMILES string of the molecule is COc1cccc(C2CCCN2C(=O)C(C)CCl)c1. The number of alkyl halides is 1. The zero-order chi connectivity index (χ0) is 13.8. The summed E-state index contributed by atoms with van der Waals surface area (Å²) in [7, 11) is 1.66. The first-order chi connectivity index (χ1) is 9.17. The fourth-order valence-electron chi connectivity index (χ4n) is 2.57. The molecule has 1 aromatic rings. The van der Waals surface area contributed by atoms with Crippen molar-refractivity contribution in [2.24, 2.45) is 5.92 Å². The summed E-state index contributed by atoms with van der Waals surface area (Å²) >= 11 is 5.80. The number of rotatable bonds is 4. The molecule has 104 valence electrons. The van der Waals surface area contributed by atoms with Gasteiger partial charge in [0.25, 0.3) is 0 Å². The maximum Gasteiger partial charge on any atom is 0.227 e. The van der Waals surface area contributed by atoms with Gasteiger partial charge in [-0.2, -0.15) is 0 Å². The van der Waals surface area contributed by atoms with Crippen LogP contribution < -0.4 is 4.74 Å². The van der Waals surface area contributed by atoms with Gasteiger partial charge in [-0.25, -0.2) is 0 Å². The van der Waals surface area contributed by atoms with Gasteiger partial charge in [-0.1, -0.05) is 19.1 Å². The van der Waals surface area contributed by atoms with Gasteiger partial charge in [0.1, 0.15) is 5.75 Å². The number of carbonyl (C=O) groups excluding carboxylic acids is 1. The normalized spacial score (nSPS) is 20.4. The molecule has 1 aliphatic heterocycles. The molecular weight excluding hydrogens is 262 g/mol. The van der Waals surface area contributed by atoms with Gasteiger partial charge in [0.05, 0.1) is 13.2 Å². The highest BCUT2D eigenvalue weighted by Gasteiger charge is 2.32. The first-order valence-electron chi connectivity index (χ1n) is 6.67. The first kappa shape index (κ1) is 14.2. The molecule has 2 atom stereocenters. The van der Waals surface area contributed by atoms with E-state index in [4.69, 9.17) is 16.3 Å². The monoisotopic (exact) mass is 281 g/mol. The van der Waals surface area contributed by atoms with Crippen molar-refractivity contribution in [2.45, 2.75) is 25.8 Å². The topological polar surface area (TPSA) is 29.5 Å². The van der Waals surface area contributed by atoms with Crippen molar-refractivity contribution in [3.63, 3.8) is 0 Å². The van der Waals surface area contributed by atoms with Crippen LogP contribution in [0.25, 0.3) is 0 Å². The Labute approximate surface area is 119 Å². The van der Waals surface area contributed by atoms with Crippen LogP contribution in [-0.2, 0) is 4.79 Å². The summed E-state index contributed by atoms with van der Waals surface area (Å²) in [6.07, 6.45) is 2.05. The summed E-state index contributed by atoms with van der Waals surface area (Å²) in [4.78, 5) is 14.3. The zero-order valence-electron chi connectivity index (χ0n) is 11.4. The van der Waals surface area contributed by atoms with Gasteiger partial charge in [-0.15, -0.1) is 11.6 Å². The predicted octanol–water partition coefficient (Wildman–Crippen LogP) is 3.23. The molecule has 0 radical (unpaired) electrons. The smallest absolute Gasteiger partial charge is 0.227 e. The molecule has 0 spiro atoms. The molecule has 2 unspecified atom stereocenters. The molecule has 0 N–H and O–H groups in total. The van der Waals surface area contributed by atoms with Crippen LogP contribution in [0.15, 0.2) is 24.3 Å². The Morgan fingerprint density at radius 1 is 1.58 bits per heavy atom. The maximum atomic E-state index is 12.3. The summed E-state index contributed by atoms with van der Waals surface area (Å²) in [6, 6.07) is 8.13. The third-order valence-electron chi connectivity index (χ3n) is 3.67. The summed E-state index contributed by atoms with van der Waals surface area (Å²) in [6.45, 7) is 2.71. The minimum Gasteiger partial charge on any atom is -0.497 e. The van der Waals surface area contributed by atoms with Crippen LogP contribution in [0.4, 0.5) is 0 Å². The van der Waals surface area contributed by atoms with Gasteiger partial charge in [-0.05, 0) is 30.5 Å². The van der Waals surface area contributed by atoms with Crippen LogP contribution >= 0.6 is 11.6 Å². The molecule has 1 aromatic carbocycles. The van der Waals surface area contributed by atoms with Crippen molar-refractivity contribution in [1.29, 1.82) is 0 Å². The van der Waals surface area contributed by atoms with Crippen molar-refractivity contribution in [3.05, 3.63) is 29.8 Å². The van der Waals surface area contributed by atoms with Crippen LogP contribution in [0, 0.1) is 5.92 Å². The summed E-state index contributed by atoms with van der Waals surface area (Å²) < 4.78 is 5.25. The lowest BCUT2D eigenvalue weighted by Gasteiger charge is -2.27. The Hall–Kier alpha value is -1.22. The highest BCUT2D eigenvalue weighted by molar-refractivity contribution is 6.19. The molecule has 1 amide bonds. The lowest BCUT2D eigenvalue weighted by molar-refractivity contribution is -0.135. The quantitative estimate of drug-likeness (QED) is 0.793. The molecule has 4 heteroatoms. The van der Waals surface area contributed by atoms with E-state index in [1.807, 2.05) is 30.0 Å². The molecule has 1 fully saturated rings. The number of carbonyl (C=O) groups is 1. The van der Waals surface area contributed by atoms with Gasteiger partial charge < -0.3 is 9.64 Å². The summed E-state index contributed by atoms with van der Waals surface area (Å²) in [5.74, 6) is 1.25. The number of hydrogen-bond donors (Lipinski definition) is 0. The second-order valence-corrected chi connectivity index (χ2v) is 5.33. The van der Waals surface area contributed by atoms with Crippen LogP contribution in [-0.4, -0.2) is 30.3 Å². The van der Waals surface area contributed by atoms with E-state index in [1.165, 1.54) is 0 Å². The molecule has 2 rings (SSSR count). The van der Waals surface area contributed by atoms with Gasteiger partial charge in [0.2, 0.25) is 5.91 Å². The van der Waals surface area contributed by atoms with Crippen molar-refractivity contribution in [3.8, 4) is 5.75 Å². The highest BCUT2D eigenvalue weighted by Crippen LogP contribution is 2.34. The summed E-state index contributed by atoms with van der Waals surface area (Å²) in [5.41, 5.74) is 1.15. The number of nitrogens with zero attached hydrogens (tertiary/aromatic N) is 1. The Morgan fingerprint density at radius 3 is 3.05 bits per heavy atom. The standard InChI is InChI=1S/C15H20ClNO2/c1-11(10-16)15(18)17-8-4-7-14(17)12-5-3-6-13(9-12)19-2/h3,5-6,9,11,14H,4,7-8,10H2,1-2H3. The third kappa shape index (κ3) is 3.03. The Morgan fingerprint density at radius 2 is 2.37 bits per heavy atom. The minimum absolute atomic E-state index is 0.118. The largest absolute Gasteiger partial charge is 0.497 e. The molecule has 3 nitrogen and oxygen atoms in total. The van der Waals surface area contributed by atoms with Crippen molar-refractivity contribution in [2.75, 3.05) is 19.5 Å². The van der Waals surface area contributed by atoms with Crippen molar-refractivity contribution in [1.82, 2.24) is 4.90 Å². The molecule has 1 aliphatic rings. The average molecular weight is 282 g/mol. The molecule has 0 saturated carbocycles. The van der Waals surface area contributed by atoms with E-state index in [9.17, 15) is 4.79 Å². The lowest BCUT2D eigenvalue weighted by atomic mass is 10.0. The van der Waals surface area contributed by atoms with Gasteiger partial charge in [0.15, 0.2) is 0 Å². The van der Waals surface area contributed by atoms with Crippen LogP contribution in [0.3, 0.4) is 0 Å². The average Bonchev–Trinajstić information content (AvgIpc) is 2.95. The van der Waals surface area contributed by atoms with Gasteiger partial charge in [0, 0.05) is 18.3 Å². The number of ether oxygens (including phenoxy) is 1. The van der Waals surface area contributed by atoms with E-state index in [2.05, 4.69) is 6.07 Å². The third-order valence-corrected chi connectivity index (χ3v) is 4.13. The van der Waals surface area contributed by atoms with Crippen LogP contribution in [0.1, 0.15) is 31.4 Å². The zero-order valence-corrected chi connectivity index (χ0v) is 12.2. The second-order valence-electron chi connectivity index (χ2n) is 5.02. The summed E-state index contributed by atoms with van der Waals surface area (Å²) in [5, 5.41) is 0. The highest BCUT2D eigenvalue weighted by atomic mass is 35.5. The van der Waals surface area contributed by atoms with E-state index >= 15 is 0 Å². The molecule has 19 heavy (non-hydrogen) atoms. The first-order valence-corrected chi connectivity index (χ1v) is 7.21. The van der Waals surface area contributed by atoms with Gasteiger partial charge >= 0.3 is 0 Å². The number of amides is 1. The number of halogens is 1. The van der Waals surface area contributed by atoms with E-state index < -0.39 is 0 Å². The van der Waals surface area contributed by atoms with Gasteiger partial charge in [-0.3, -0.25) is 4.79 Å². The molecule has 1 saturated heterocycles. The molecular formula is C15H20ClNO2. The lowest BCUT2D eigenvalue weighted by Crippen LogP contribution is -2.35. The number of methoxy groups -OCH3 is 1. The number of likely N-dealkylation sites (tertiary alicyclic amines) is 1. The number of hydrogen-bond acceptors (Lipinski definition) is 2. The predicted molar refractivity (Wildman–Crippen MR) is 76.6 cm³/mol. The number of benzene rings is 1. The Kier molecular flexibility index (Phi) is 4.70. The van der Waals surface area contributed by atoms with E-state index in [0.29, 0.717) is 5.88 Å². The van der Waals surface area contributed by atoms with E-state index in [0.717, 1.165) is 30.7 Å². The maximum absolute atomic E-state index is 12.3. The second kappa shape index (κ2) is 6.29. The van der Waals surface area contributed by atoms with Crippen LogP contribution in [0.2, 0.25) is 0 Å². The minimum atomic E-state index is -0.118. The van der Waals surface area contributed by atoms with Crippen molar-refractivity contribution >= 4 is 17.5 Å². The van der Waals surface area contributed by atoms with Crippen LogP contribution in [0.5, 0.6) is 5.75 Å². The molecule has 0 aliphatic carbocycles.